The van der Waals surface area contributed by atoms with E-state index in [1.54, 1.807) is 31.4 Å². The van der Waals surface area contributed by atoms with Gasteiger partial charge in [-0.3, -0.25) is 14.5 Å². The molecule has 1 aromatic heterocycles. The third-order valence-corrected chi connectivity index (χ3v) is 4.22. The van der Waals surface area contributed by atoms with Crippen molar-refractivity contribution in [3.8, 4) is 17.1 Å². The van der Waals surface area contributed by atoms with Crippen LogP contribution in [-0.4, -0.2) is 27.8 Å². The van der Waals surface area contributed by atoms with E-state index in [1.807, 2.05) is 0 Å². The van der Waals surface area contributed by atoms with E-state index < -0.39 is 17.6 Å². The van der Waals surface area contributed by atoms with Crippen LogP contribution >= 0.6 is 12.2 Å². The Bertz CT molecular complexity index is 1020. The van der Waals surface area contributed by atoms with E-state index in [-0.39, 0.29) is 17.0 Å². The summed E-state index contributed by atoms with van der Waals surface area (Å²) in [6.07, 6.45) is -4.43. The van der Waals surface area contributed by atoms with Gasteiger partial charge in [0, 0.05) is 11.3 Å². The zero-order valence-corrected chi connectivity index (χ0v) is 15.4. The van der Waals surface area contributed by atoms with Gasteiger partial charge in [-0.25, -0.2) is 0 Å². The number of alkyl halides is 3. The van der Waals surface area contributed by atoms with Gasteiger partial charge in [-0.2, -0.15) is 18.3 Å². The molecule has 0 spiro atoms. The van der Waals surface area contributed by atoms with Gasteiger partial charge in [-0.15, -0.1) is 0 Å². The summed E-state index contributed by atoms with van der Waals surface area (Å²) in [5.74, 6) is 0.673. The molecule has 0 fully saturated rings. The molecule has 3 rings (SSSR count). The third-order valence-electron chi connectivity index (χ3n) is 3.90. The van der Waals surface area contributed by atoms with E-state index in [0.717, 1.165) is 17.7 Å². The van der Waals surface area contributed by atoms with Crippen LogP contribution in [0.15, 0.2) is 48.5 Å². The molecule has 0 saturated carbocycles. The predicted molar refractivity (Wildman–Crippen MR) is 99.5 cm³/mol. The lowest BCUT2D eigenvalue weighted by atomic mass is 10.2. The maximum Gasteiger partial charge on any atom is 0.416 e. The van der Waals surface area contributed by atoms with Gasteiger partial charge >= 0.3 is 6.18 Å². The van der Waals surface area contributed by atoms with Crippen molar-refractivity contribution in [3.63, 3.8) is 0 Å². The fourth-order valence-corrected chi connectivity index (χ4v) is 2.71. The van der Waals surface area contributed by atoms with E-state index in [4.69, 9.17) is 17.0 Å². The molecule has 2 aromatic carbocycles. The van der Waals surface area contributed by atoms with E-state index in [9.17, 15) is 18.0 Å². The van der Waals surface area contributed by atoms with Crippen molar-refractivity contribution >= 4 is 23.8 Å². The Balaban J connectivity index is 1.75. The third kappa shape index (κ3) is 4.39. The van der Waals surface area contributed by atoms with Crippen LogP contribution in [0.5, 0.6) is 5.75 Å². The highest BCUT2D eigenvalue weighted by Gasteiger charge is 2.30. The number of hydrogen-bond donors (Lipinski definition) is 2. The van der Waals surface area contributed by atoms with Crippen LogP contribution in [0.2, 0.25) is 0 Å². The monoisotopic (exact) mass is 408 g/mol. The zero-order valence-electron chi connectivity index (χ0n) is 14.6. The second kappa shape index (κ2) is 7.85. The molecule has 10 heteroatoms. The Morgan fingerprint density at radius 2 is 1.82 bits per heavy atom. The Morgan fingerprint density at radius 3 is 2.39 bits per heavy atom. The Labute approximate surface area is 163 Å². The molecule has 0 radical (unpaired) electrons. The second-order valence-electron chi connectivity index (χ2n) is 5.79. The van der Waals surface area contributed by atoms with Gasteiger partial charge in [0.15, 0.2) is 10.6 Å². The molecule has 28 heavy (non-hydrogen) atoms. The SMILES string of the molecule is COc1ccc(-c2n[nH]c(=S)n2CC(=O)Nc2ccc(C(F)(F)F)cc2)cc1. The fraction of sp³-hybridized carbons (Fsp3) is 0.167. The molecule has 2 N–H and O–H groups in total. The lowest BCUT2D eigenvalue weighted by Crippen LogP contribution is -2.19. The first-order valence-electron chi connectivity index (χ1n) is 8.04. The minimum Gasteiger partial charge on any atom is -0.497 e. The number of ether oxygens (including phenoxy) is 1. The first-order valence-corrected chi connectivity index (χ1v) is 8.45. The minimum absolute atomic E-state index is 0.155. The van der Waals surface area contributed by atoms with Gasteiger partial charge in [0.2, 0.25) is 5.91 Å². The van der Waals surface area contributed by atoms with Crippen molar-refractivity contribution < 1.29 is 22.7 Å². The Morgan fingerprint density at radius 1 is 1.18 bits per heavy atom. The summed E-state index contributed by atoms with van der Waals surface area (Å²) in [5.41, 5.74) is 0.179. The Kier molecular flexibility index (Phi) is 5.50. The lowest BCUT2D eigenvalue weighted by molar-refractivity contribution is -0.137. The summed E-state index contributed by atoms with van der Waals surface area (Å²) in [5, 5.41) is 9.33. The van der Waals surface area contributed by atoms with E-state index >= 15 is 0 Å². The number of aromatic amines is 1. The van der Waals surface area contributed by atoms with Crippen LogP contribution in [0.3, 0.4) is 0 Å². The maximum atomic E-state index is 12.6. The number of halogens is 3. The van der Waals surface area contributed by atoms with Crippen molar-refractivity contribution in [2.75, 3.05) is 12.4 Å². The number of nitrogens with zero attached hydrogens (tertiary/aromatic N) is 2. The summed E-state index contributed by atoms with van der Waals surface area (Å²) >= 11 is 5.18. The number of nitrogens with one attached hydrogen (secondary N) is 2. The highest BCUT2D eigenvalue weighted by atomic mass is 32.1. The summed E-state index contributed by atoms with van der Waals surface area (Å²) in [4.78, 5) is 12.3. The zero-order chi connectivity index (χ0) is 20.3. The smallest absolute Gasteiger partial charge is 0.416 e. The largest absolute Gasteiger partial charge is 0.497 e. The Hall–Kier alpha value is -3.14. The van der Waals surface area contributed by atoms with E-state index in [1.165, 1.54) is 16.7 Å². The molecule has 6 nitrogen and oxygen atoms in total. The molecule has 0 bridgehead atoms. The number of anilines is 1. The first-order chi connectivity index (χ1) is 13.3. The van der Waals surface area contributed by atoms with Crippen LogP contribution in [0.25, 0.3) is 11.4 Å². The number of rotatable bonds is 5. The van der Waals surface area contributed by atoms with Gasteiger partial charge < -0.3 is 10.1 Å². The highest BCUT2D eigenvalue weighted by Crippen LogP contribution is 2.29. The molecule has 1 amide bonds. The number of methoxy groups -OCH3 is 1. The van der Waals surface area contributed by atoms with Crippen LogP contribution in [0, 0.1) is 4.77 Å². The minimum atomic E-state index is -4.43. The molecule has 0 saturated heterocycles. The standard InChI is InChI=1S/C18H15F3N4O2S/c1-27-14-8-2-11(3-9-14)16-23-24-17(28)25(16)10-15(26)22-13-6-4-12(5-7-13)18(19,20)21/h2-9H,10H2,1H3,(H,22,26)(H,24,28). The number of amides is 1. The first kappa shape index (κ1) is 19.6. The molecule has 0 aliphatic rings. The summed E-state index contributed by atoms with van der Waals surface area (Å²) in [7, 11) is 1.55. The molecular formula is C18H15F3N4O2S. The predicted octanol–water partition coefficient (Wildman–Crippen LogP) is 4.27. The molecule has 1 heterocycles. The van der Waals surface area contributed by atoms with Gasteiger partial charge in [-0.05, 0) is 60.7 Å². The summed E-state index contributed by atoms with van der Waals surface area (Å²) < 4.78 is 44.7. The van der Waals surface area contributed by atoms with Crippen LogP contribution in [-0.2, 0) is 17.5 Å². The summed E-state index contributed by atoms with van der Waals surface area (Å²) in [6, 6.07) is 11.2. The number of carbonyl (C=O) groups is 1. The quantitative estimate of drug-likeness (QED) is 0.619. The van der Waals surface area contributed by atoms with Gasteiger partial charge in [0.25, 0.3) is 0 Å². The molecule has 0 atom stereocenters. The molecular weight excluding hydrogens is 393 g/mol. The van der Waals surface area contributed by atoms with Crippen molar-refractivity contribution in [2.45, 2.75) is 12.7 Å². The average Bonchev–Trinajstić information content (AvgIpc) is 3.02. The topological polar surface area (TPSA) is 71.9 Å². The molecule has 146 valence electrons. The second-order valence-corrected chi connectivity index (χ2v) is 6.18. The number of aromatic nitrogens is 3. The molecule has 0 aliphatic carbocycles. The van der Waals surface area contributed by atoms with Gasteiger partial charge in [0.1, 0.15) is 12.3 Å². The number of benzene rings is 2. The van der Waals surface area contributed by atoms with Gasteiger partial charge in [-0.1, -0.05) is 0 Å². The fourth-order valence-electron chi connectivity index (χ4n) is 2.51. The summed E-state index contributed by atoms with van der Waals surface area (Å²) in [6.45, 7) is -0.155. The normalized spacial score (nSPS) is 11.3. The molecule has 0 unspecified atom stereocenters. The lowest BCUT2D eigenvalue weighted by Gasteiger charge is -2.10. The van der Waals surface area contributed by atoms with Crippen LogP contribution in [0.1, 0.15) is 5.56 Å². The molecule has 3 aromatic rings. The number of carbonyl (C=O) groups excluding carboxylic acids is 1. The van der Waals surface area contributed by atoms with Crippen LogP contribution < -0.4 is 10.1 Å². The number of H-pyrrole nitrogens is 1. The number of hydrogen-bond acceptors (Lipinski definition) is 4. The van der Waals surface area contributed by atoms with E-state index in [2.05, 4.69) is 15.5 Å². The molecule has 0 aliphatic heterocycles. The maximum absolute atomic E-state index is 12.6. The van der Waals surface area contributed by atoms with Crippen molar-refractivity contribution in [1.82, 2.24) is 14.8 Å². The average molecular weight is 408 g/mol. The van der Waals surface area contributed by atoms with Gasteiger partial charge in [0.05, 0.1) is 12.7 Å². The van der Waals surface area contributed by atoms with E-state index in [0.29, 0.717) is 11.6 Å². The highest BCUT2D eigenvalue weighted by molar-refractivity contribution is 7.71. The van der Waals surface area contributed by atoms with Crippen molar-refractivity contribution in [2.24, 2.45) is 0 Å². The van der Waals surface area contributed by atoms with Crippen molar-refractivity contribution in [1.29, 1.82) is 0 Å². The van der Waals surface area contributed by atoms with Crippen LogP contribution in [0.4, 0.5) is 18.9 Å². The van der Waals surface area contributed by atoms with Crippen molar-refractivity contribution in [3.05, 3.63) is 58.9 Å².